The number of rotatable bonds is 4. The van der Waals surface area contributed by atoms with Crippen molar-refractivity contribution in [1.29, 1.82) is 5.26 Å². The number of amides is 1. The first-order valence-corrected chi connectivity index (χ1v) is 11.6. The molecule has 1 amide bonds. The van der Waals surface area contributed by atoms with Crippen LogP contribution in [0, 0.1) is 29.0 Å². The third-order valence-electron chi connectivity index (χ3n) is 7.09. The Morgan fingerprint density at radius 2 is 2.00 bits per heavy atom. The lowest BCUT2D eigenvalue weighted by molar-refractivity contribution is -0.183. The van der Waals surface area contributed by atoms with Gasteiger partial charge < -0.3 is 0 Å². The van der Waals surface area contributed by atoms with Crippen LogP contribution in [0.3, 0.4) is 0 Å². The summed E-state index contributed by atoms with van der Waals surface area (Å²) in [5, 5.41) is 16.1. The van der Waals surface area contributed by atoms with Crippen LogP contribution in [0.15, 0.2) is 42.6 Å². The molecule has 1 atom stereocenters. The maximum absolute atomic E-state index is 14.0. The van der Waals surface area contributed by atoms with Crippen molar-refractivity contribution in [3.05, 3.63) is 65.1 Å². The van der Waals surface area contributed by atoms with Crippen LogP contribution in [-0.4, -0.2) is 27.4 Å². The second kappa shape index (κ2) is 8.95. The minimum absolute atomic E-state index is 0.0185. The van der Waals surface area contributed by atoms with Crippen LogP contribution < -0.4 is 0 Å². The van der Waals surface area contributed by atoms with Crippen molar-refractivity contribution in [2.75, 3.05) is 6.61 Å². The molecule has 0 unspecified atom stereocenters. The molecule has 6 nitrogen and oxygen atoms in total. The van der Waals surface area contributed by atoms with E-state index in [1.807, 2.05) is 24.0 Å². The van der Waals surface area contributed by atoms with E-state index in [4.69, 9.17) is 10.1 Å². The van der Waals surface area contributed by atoms with E-state index >= 15 is 0 Å². The standard InChI is InChI=1S/C26H27FN4O2/c1-30-25-13-18(4-7-21(25)16-29-30)10-17-2-5-20(6-3-17)26(32)31-24(8-9-33-31)22-11-19(15-28)12-23(27)14-22/h4,7,11-14,16-17,20,24H,2-3,5-6,8-10H2,1H3/t17-,20-,24-/m0/s1. The van der Waals surface area contributed by atoms with Crippen LogP contribution in [0.25, 0.3) is 10.9 Å². The molecular formula is C26H27FN4O2. The molecular weight excluding hydrogens is 419 g/mol. The van der Waals surface area contributed by atoms with Crippen molar-refractivity contribution < 1.29 is 14.0 Å². The number of aryl methyl sites for hydroxylation is 1. The van der Waals surface area contributed by atoms with Gasteiger partial charge in [0.05, 0.1) is 36.0 Å². The summed E-state index contributed by atoms with van der Waals surface area (Å²) in [5.41, 5.74) is 3.33. The van der Waals surface area contributed by atoms with Crippen molar-refractivity contribution in [3.63, 3.8) is 0 Å². The van der Waals surface area contributed by atoms with Crippen LogP contribution in [0.4, 0.5) is 4.39 Å². The Morgan fingerprint density at radius 3 is 2.79 bits per heavy atom. The summed E-state index contributed by atoms with van der Waals surface area (Å²) in [6.07, 6.45) is 7.15. The molecule has 2 aromatic carbocycles. The average molecular weight is 447 g/mol. The maximum atomic E-state index is 14.0. The van der Waals surface area contributed by atoms with E-state index in [9.17, 15) is 9.18 Å². The minimum atomic E-state index is -0.465. The van der Waals surface area contributed by atoms with Gasteiger partial charge in [0, 0.05) is 24.8 Å². The molecule has 3 aromatic rings. The fraction of sp³-hybridized carbons (Fsp3) is 0.423. The number of nitriles is 1. The van der Waals surface area contributed by atoms with E-state index in [2.05, 4.69) is 23.3 Å². The Kier molecular flexibility index (Phi) is 5.86. The number of hydrogen-bond donors (Lipinski definition) is 0. The highest BCUT2D eigenvalue weighted by Gasteiger charge is 2.37. The molecule has 0 spiro atoms. The van der Waals surface area contributed by atoms with Gasteiger partial charge in [0.15, 0.2) is 0 Å². The smallest absolute Gasteiger partial charge is 0.249 e. The molecule has 0 N–H and O–H groups in total. The first-order chi connectivity index (χ1) is 16.0. The Balaban J connectivity index is 1.22. The van der Waals surface area contributed by atoms with Crippen LogP contribution in [-0.2, 0) is 23.1 Å². The van der Waals surface area contributed by atoms with Gasteiger partial charge in [0.25, 0.3) is 0 Å². The van der Waals surface area contributed by atoms with Gasteiger partial charge in [0.1, 0.15) is 5.82 Å². The lowest BCUT2D eigenvalue weighted by atomic mass is 9.78. The number of carbonyl (C=O) groups excluding carboxylic acids is 1. The topological polar surface area (TPSA) is 71.2 Å². The minimum Gasteiger partial charge on any atom is -0.272 e. The zero-order chi connectivity index (χ0) is 22.9. The zero-order valence-corrected chi connectivity index (χ0v) is 18.7. The quantitative estimate of drug-likeness (QED) is 0.575. The predicted octanol–water partition coefficient (Wildman–Crippen LogP) is 4.84. The van der Waals surface area contributed by atoms with Gasteiger partial charge in [-0.1, -0.05) is 12.1 Å². The number of fused-ring (bicyclic) bond motifs is 1. The van der Waals surface area contributed by atoms with Gasteiger partial charge in [-0.05, 0) is 73.4 Å². The average Bonchev–Trinajstić information content (AvgIpc) is 3.46. The van der Waals surface area contributed by atoms with Crippen LogP contribution in [0.2, 0.25) is 0 Å². The molecule has 0 bridgehead atoms. The molecule has 1 saturated carbocycles. The normalized spacial score (nSPS) is 23.1. The third-order valence-corrected chi connectivity index (χ3v) is 7.09. The van der Waals surface area contributed by atoms with Gasteiger partial charge >= 0.3 is 0 Å². The van der Waals surface area contributed by atoms with Gasteiger partial charge in [-0.2, -0.15) is 10.4 Å². The second-order valence-corrected chi connectivity index (χ2v) is 9.27. The van der Waals surface area contributed by atoms with Crippen molar-refractivity contribution in [2.24, 2.45) is 18.9 Å². The lowest BCUT2D eigenvalue weighted by Gasteiger charge is -2.32. The molecule has 7 heteroatoms. The van der Waals surface area contributed by atoms with E-state index in [1.54, 1.807) is 6.07 Å². The maximum Gasteiger partial charge on any atom is 0.249 e. The molecule has 0 radical (unpaired) electrons. The highest BCUT2D eigenvalue weighted by atomic mass is 19.1. The summed E-state index contributed by atoms with van der Waals surface area (Å²) in [4.78, 5) is 19.0. The summed E-state index contributed by atoms with van der Waals surface area (Å²) >= 11 is 0. The predicted molar refractivity (Wildman–Crippen MR) is 121 cm³/mol. The van der Waals surface area contributed by atoms with Crippen molar-refractivity contribution in [1.82, 2.24) is 14.8 Å². The van der Waals surface area contributed by atoms with E-state index in [-0.39, 0.29) is 23.4 Å². The van der Waals surface area contributed by atoms with Crippen molar-refractivity contribution >= 4 is 16.8 Å². The lowest BCUT2D eigenvalue weighted by Crippen LogP contribution is -2.36. The number of halogens is 1. The zero-order valence-electron chi connectivity index (χ0n) is 18.7. The first-order valence-electron chi connectivity index (χ1n) is 11.6. The van der Waals surface area contributed by atoms with Crippen molar-refractivity contribution in [2.45, 2.75) is 44.6 Å². The second-order valence-electron chi connectivity index (χ2n) is 9.27. The third kappa shape index (κ3) is 4.36. The van der Waals surface area contributed by atoms with E-state index in [0.29, 0.717) is 24.5 Å². The highest BCUT2D eigenvalue weighted by molar-refractivity contribution is 5.79. The number of benzene rings is 2. The Morgan fingerprint density at radius 1 is 1.18 bits per heavy atom. The van der Waals surface area contributed by atoms with Crippen LogP contribution in [0.5, 0.6) is 0 Å². The molecule has 5 rings (SSSR count). The summed E-state index contributed by atoms with van der Waals surface area (Å²) < 4.78 is 15.9. The molecule has 33 heavy (non-hydrogen) atoms. The summed E-state index contributed by atoms with van der Waals surface area (Å²) in [5.74, 6) is -0.00924. The fourth-order valence-corrected chi connectivity index (χ4v) is 5.30. The number of hydroxylamine groups is 2. The summed E-state index contributed by atoms with van der Waals surface area (Å²) in [6.45, 7) is 0.417. The number of aromatic nitrogens is 2. The van der Waals surface area contributed by atoms with Gasteiger partial charge in [-0.25, -0.2) is 9.45 Å². The van der Waals surface area contributed by atoms with Gasteiger partial charge in [-0.3, -0.25) is 14.3 Å². The van der Waals surface area contributed by atoms with E-state index < -0.39 is 5.82 Å². The molecule has 2 heterocycles. The fourth-order valence-electron chi connectivity index (χ4n) is 5.30. The highest BCUT2D eigenvalue weighted by Crippen LogP contribution is 2.37. The number of nitrogens with zero attached hydrogens (tertiary/aromatic N) is 4. The number of carbonyl (C=O) groups is 1. The molecule has 1 aliphatic heterocycles. The van der Waals surface area contributed by atoms with E-state index in [0.717, 1.165) is 43.0 Å². The molecule has 2 aliphatic rings. The van der Waals surface area contributed by atoms with Crippen LogP contribution in [0.1, 0.15) is 54.8 Å². The molecule has 1 saturated heterocycles. The monoisotopic (exact) mass is 446 g/mol. The molecule has 1 aliphatic carbocycles. The Bertz CT molecular complexity index is 1220. The molecule has 1 aromatic heterocycles. The molecule has 2 fully saturated rings. The Labute approximate surface area is 192 Å². The van der Waals surface area contributed by atoms with Gasteiger partial charge in [0.2, 0.25) is 5.91 Å². The Hall–Kier alpha value is -3.24. The summed E-state index contributed by atoms with van der Waals surface area (Å²) in [6, 6.07) is 12.4. The van der Waals surface area contributed by atoms with E-state index in [1.165, 1.54) is 22.8 Å². The van der Waals surface area contributed by atoms with Crippen LogP contribution >= 0.6 is 0 Å². The first kappa shape index (κ1) is 21.6. The van der Waals surface area contributed by atoms with Crippen molar-refractivity contribution in [3.8, 4) is 6.07 Å². The molecule has 170 valence electrons. The number of hydrogen-bond acceptors (Lipinski definition) is 4. The van der Waals surface area contributed by atoms with Gasteiger partial charge in [-0.15, -0.1) is 0 Å². The summed E-state index contributed by atoms with van der Waals surface area (Å²) in [7, 11) is 1.96. The largest absolute Gasteiger partial charge is 0.272 e. The SMILES string of the molecule is Cn1ncc2ccc(C[C@H]3CC[C@H](C(=O)N4OCC[C@H]4c4cc(F)cc(C#N)c4)CC3)cc21.